The second kappa shape index (κ2) is 7.18. The van der Waals surface area contributed by atoms with Gasteiger partial charge in [0.1, 0.15) is 5.82 Å². The fraction of sp³-hybridized carbons (Fsp3) is 0.235. The molecule has 0 atom stereocenters. The van der Waals surface area contributed by atoms with Gasteiger partial charge in [0.15, 0.2) is 0 Å². The summed E-state index contributed by atoms with van der Waals surface area (Å²) >= 11 is 0. The van der Waals surface area contributed by atoms with Crippen molar-refractivity contribution in [1.82, 2.24) is 19.6 Å². The van der Waals surface area contributed by atoms with Crippen LogP contribution < -0.4 is 5.32 Å². The number of benzene rings is 1. The van der Waals surface area contributed by atoms with Gasteiger partial charge < -0.3 is 5.32 Å². The third-order valence-electron chi connectivity index (χ3n) is 3.73. The van der Waals surface area contributed by atoms with Crippen LogP contribution in [0, 0.1) is 24.0 Å². The molecule has 9 heteroatoms. The van der Waals surface area contributed by atoms with Crippen molar-refractivity contribution in [2.24, 2.45) is 0 Å². The molecule has 0 radical (unpaired) electrons. The normalized spacial score (nSPS) is 10.7. The fourth-order valence-electron chi connectivity index (χ4n) is 2.51. The molecule has 0 fully saturated rings. The molecule has 3 aromatic rings. The lowest BCUT2D eigenvalue weighted by molar-refractivity contribution is -0.384. The first-order valence-corrected chi connectivity index (χ1v) is 8.03. The average Bonchev–Trinajstić information content (AvgIpc) is 3.18. The summed E-state index contributed by atoms with van der Waals surface area (Å²) in [5.74, 6) is 0.346. The number of hydrogen-bond donors (Lipinski definition) is 1. The molecule has 9 nitrogen and oxygen atoms in total. The van der Waals surface area contributed by atoms with Gasteiger partial charge >= 0.3 is 0 Å². The van der Waals surface area contributed by atoms with Gasteiger partial charge in [0.2, 0.25) is 5.91 Å². The SMILES string of the molecule is Cc1cnn(CCC(=O)Nc2cc(C)nn2-c2ccc([N+](=O)[O-])cc2)c1. The molecule has 0 unspecified atom stereocenters. The van der Waals surface area contributed by atoms with Crippen LogP contribution in [0.25, 0.3) is 5.69 Å². The lowest BCUT2D eigenvalue weighted by atomic mass is 10.3. The highest BCUT2D eigenvalue weighted by Crippen LogP contribution is 2.20. The molecule has 2 aromatic heterocycles. The number of nitro benzene ring substituents is 1. The number of nitro groups is 1. The molecule has 1 aromatic carbocycles. The number of non-ortho nitro benzene ring substituents is 1. The number of aromatic nitrogens is 4. The zero-order chi connectivity index (χ0) is 18.7. The van der Waals surface area contributed by atoms with Gasteiger partial charge in [0.05, 0.1) is 22.5 Å². The smallest absolute Gasteiger partial charge is 0.269 e. The summed E-state index contributed by atoms with van der Waals surface area (Å²) in [5.41, 5.74) is 2.39. The van der Waals surface area contributed by atoms with Gasteiger partial charge in [0, 0.05) is 37.4 Å². The third kappa shape index (κ3) is 3.94. The monoisotopic (exact) mass is 354 g/mol. The highest BCUT2D eigenvalue weighted by atomic mass is 16.6. The van der Waals surface area contributed by atoms with Gasteiger partial charge in [-0.05, 0) is 31.5 Å². The molecular formula is C17H18N6O3. The van der Waals surface area contributed by atoms with Gasteiger partial charge in [-0.15, -0.1) is 0 Å². The van der Waals surface area contributed by atoms with Gasteiger partial charge in [-0.2, -0.15) is 10.2 Å². The first-order chi connectivity index (χ1) is 12.4. The topological polar surface area (TPSA) is 108 Å². The molecule has 1 amide bonds. The van der Waals surface area contributed by atoms with Crippen LogP contribution >= 0.6 is 0 Å². The number of nitrogens with zero attached hydrogens (tertiary/aromatic N) is 5. The van der Waals surface area contributed by atoms with E-state index in [1.807, 2.05) is 20.0 Å². The minimum atomic E-state index is -0.461. The molecule has 0 aliphatic carbocycles. The van der Waals surface area contributed by atoms with E-state index < -0.39 is 4.92 Å². The van der Waals surface area contributed by atoms with Crippen LogP contribution in [-0.2, 0) is 11.3 Å². The Morgan fingerprint density at radius 3 is 2.62 bits per heavy atom. The standard InChI is InChI=1S/C17H18N6O3/c1-12-10-18-21(11-12)8-7-17(24)19-16-9-13(2)20-22(16)14-3-5-15(6-4-14)23(25)26/h3-6,9-11H,7-8H2,1-2H3,(H,19,24). The van der Waals surface area contributed by atoms with E-state index in [0.717, 1.165) is 11.3 Å². The minimum absolute atomic E-state index is 0.00210. The predicted molar refractivity (Wildman–Crippen MR) is 95.2 cm³/mol. The van der Waals surface area contributed by atoms with Crippen molar-refractivity contribution < 1.29 is 9.72 Å². The Morgan fingerprint density at radius 2 is 2.00 bits per heavy atom. The van der Waals surface area contributed by atoms with E-state index in [2.05, 4.69) is 15.5 Å². The second-order valence-electron chi connectivity index (χ2n) is 5.94. The van der Waals surface area contributed by atoms with Crippen LogP contribution in [0.4, 0.5) is 11.5 Å². The molecule has 3 rings (SSSR count). The van der Waals surface area contributed by atoms with E-state index in [0.29, 0.717) is 18.1 Å². The molecule has 0 bridgehead atoms. The maximum Gasteiger partial charge on any atom is 0.269 e. The van der Waals surface area contributed by atoms with E-state index in [9.17, 15) is 14.9 Å². The lowest BCUT2D eigenvalue weighted by Gasteiger charge is -2.09. The highest BCUT2D eigenvalue weighted by Gasteiger charge is 2.13. The Balaban J connectivity index is 1.72. The fourth-order valence-corrected chi connectivity index (χ4v) is 2.51. The van der Waals surface area contributed by atoms with Crippen LogP contribution in [-0.4, -0.2) is 30.4 Å². The predicted octanol–water partition coefficient (Wildman–Crippen LogP) is 2.62. The Hall–Kier alpha value is -3.49. The molecule has 26 heavy (non-hydrogen) atoms. The number of carbonyl (C=O) groups excluding carboxylic acids is 1. The van der Waals surface area contributed by atoms with Crippen molar-refractivity contribution in [3.05, 3.63) is 64.1 Å². The number of aryl methyl sites for hydroxylation is 3. The minimum Gasteiger partial charge on any atom is -0.311 e. The van der Waals surface area contributed by atoms with Crippen LogP contribution in [0.2, 0.25) is 0 Å². The maximum atomic E-state index is 12.2. The van der Waals surface area contributed by atoms with Crippen LogP contribution in [0.15, 0.2) is 42.7 Å². The number of anilines is 1. The Labute approximate surface area is 149 Å². The zero-order valence-corrected chi connectivity index (χ0v) is 14.4. The summed E-state index contributed by atoms with van der Waals surface area (Å²) in [7, 11) is 0. The van der Waals surface area contributed by atoms with Crippen LogP contribution in [0.5, 0.6) is 0 Å². The molecule has 0 aliphatic rings. The molecule has 0 saturated carbocycles. The number of nitrogens with one attached hydrogen (secondary N) is 1. The van der Waals surface area contributed by atoms with Gasteiger partial charge in [-0.3, -0.25) is 19.6 Å². The van der Waals surface area contributed by atoms with Crippen molar-refractivity contribution in [3.63, 3.8) is 0 Å². The molecular weight excluding hydrogens is 336 g/mol. The number of carbonyl (C=O) groups is 1. The van der Waals surface area contributed by atoms with Crippen molar-refractivity contribution in [2.75, 3.05) is 5.32 Å². The number of hydrogen-bond acceptors (Lipinski definition) is 5. The average molecular weight is 354 g/mol. The quantitative estimate of drug-likeness (QED) is 0.541. The number of rotatable bonds is 6. The van der Waals surface area contributed by atoms with Crippen LogP contribution in [0.3, 0.4) is 0 Å². The molecule has 2 heterocycles. The highest BCUT2D eigenvalue weighted by molar-refractivity contribution is 5.90. The second-order valence-corrected chi connectivity index (χ2v) is 5.94. The summed E-state index contributed by atoms with van der Waals surface area (Å²) in [6.45, 7) is 4.23. The van der Waals surface area contributed by atoms with Gasteiger partial charge in [0.25, 0.3) is 5.69 Å². The molecule has 134 valence electrons. The summed E-state index contributed by atoms with van der Waals surface area (Å²) in [4.78, 5) is 22.6. The van der Waals surface area contributed by atoms with E-state index in [-0.39, 0.29) is 18.0 Å². The Bertz CT molecular complexity index is 942. The van der Waals surface area contributed by atoms with Gasteiger partial charge in [-0.25, -0.2) is 4.68 Å². The third-order valence-corrected chi connectivity index (χ3v) is 3.73. The molecule has 1 N–H and O–H groups in total. The molecule has 0 spiro atoms. The summed E-state index contributed by atoms with van der Waals surface area (Å²) in [6.07, 6.45) is 3.88. The summed E-state index contributed by atoms with van der Waals surface area (Å²) < 4.78 is 3.27. The first-order valence-electron chi connectivity index (χ1n) is 8.03. The lowest BCUT2D eigenvalue weighted by Crippen LogP contribution is -2.17. The molecule has 0 aliphatic heterocycles. The van der Waals surface area contributed by atoms with Crippen molar-refractivity contribution in [3.8, 4) is 5.69 Å². The molecule has 0 saturated heterocycles. The van der Waals surface area contributed by atoms with E-state index in [1.165, 1.54) is 12.1 Å². The number of amides is 1. The Morgan fingerprint density at radius 1 is 1.27 bits per heavy atom. The van der Waals surface area contributed by atoms with Crippen LogP contribution in [0.1, 0.15) is 17.7 Å². The summed E-state index contributed by atoms with van der Waals surface area (Å²) in [5, 5.41) is 22.1. The maximum absolute atomic E-state index is 12.2. The van der Waals surface area contributed by atoms with E-state index in [1.54, 1.807) is 33.8 Å². The zero-order valence-electron chi connectivity index (χ0n) is 14.4. The Kier molecular flexibility index (Phi) is 4.78. The van der Waals surface area contributed by atoms with Crippen molar-refractivity contribution in [2.45, 2.75) is 26.8 Å². The van der Waals surface area contributed by atoms with Crippen molar-refractivity contribution in [1.29, 1.82) is 0 Å². The first kappa shape index (κ1) is 17.3. The largest absolute Gasteiger partial charge is 0.311 e. The summed E-state index contributed by atoms with van der Waals surface area (Å²) in [6, 6.07) is 7.73. The van der Waals surface area contributed by atoms with E-state index >= 15 is 0 Å². The van der Waals surface area contributed by atoms with Crippen molar-refractivity contribution >= 4 is 17.4 Å². The van der Waals surface area contributed by atoms with Gasteiger partial charge in [-0.1, -0.05) is 0 Å². The van der Waals surface area contributed by atoms with E-state index in [4.69, 9.17) is 0 Å².